The summed E-state index contributed by atoms with van der Waals surface area (Å²) in [5, 5.41) is 0. The minimum absolute atomic E-state index is 0.0528. The predicted molar refractivity (Wildman–Crippen MR) is 73.2 cm³/mol. The van der Waals surface area contributed by atoms with Gasteiger partial charge in [-0.1, -0.05) is 25.1 Å². The minimum atomic E-state index is -0.230. The number of benzene rings is 1. The molecule has 0 heterocycles. The number of ether oxygens (including phenoxy) is 3. The largest absolute Gasteiger partial charge is 0.491 e. The smallest absolute Gasteiger partial charge is 0.305 e. The van der Waals surface area contributed by atoms with Gasteiger partial charge in [-0.25, -0.2) is 0 Å². The Morgan fingerprint density at radius 2 is 1.79 bits per heavy atom. The quantitative estimate of drug-likeness (QED) is 0.679. The van der Waals surface area contributed by atoms with Gasteiger partial charge in [0.15, 0.2) is 0 Å². The average Bonchev–Trinajstić information content (AvgIpc) is 2.43. The molecule has 1 rings (SSSR count). The SMILES string of the molecule is CCC(=O)OC(C)COC(C)COc1ccccc1. The summed E-state index contributed by atoms with van der Waals surface area (Å²) >= 11 is 0. The molecule has 106 valence electrons. The molecule has 19 heavy (non-hydrogen) atoms. The fraction of sp³-hybridized carbons (Fsp3) is 0.533. The molecule has 4 nitrogen and oxygen atoms in total. The van der Waals surface area contributed by atoms with Crippen molar-refractivity contribution < 1.29 is 19.0 Å². The van der Waals surface area contributed by atoms with E-state index in [2.05, 4.69) is 0 Å². The highest BCUT2D eigenvalue weighted by Crippen LogP contribution is 2.09. The monoisotopic (exact) mass is 266 g/mol. The Kier molecular flexibility index (Phi) is 6.97. The van der Waals surface area contributed by atoms with Gasteiger partial charge in [0, 0.05) is 6.42 Å². The van der Waals surface area contributed by atoms with Crippen molar-refractivity contribution in [1.29, 1.82) is 0 Å². The topological polar surface area (TPSA) is 44.8 Å². The first kappa shape index (κ1) is 15.5. The van der Waals surface area contributed by atoms with Crippen LogP contribution >= 0.6 is 0 Å². The maximum absolute atomic E-state index is 11.1. The van der Waals surface area contributed by atoms with E-state index >= 15 is 0 Å². The first-order chi connectivity index (χ1) is 9.11. The Labute approximate surface area is 114 Å². The normalized spacial score (nSPS) is 13.6. The van der Waals surface area contributed by atoms with Gasteiger partial charge in [-0.05, 0) is 26.0 Å². The summed E-state index contributed by atoms with van der Waals surface area (Å²) in [7, 11) is 0. The van der Waals surface area contributed by atoms with Crippen molar-refractivity contribution in [1.82, 2.24) is 0 Å². The number of hydrogen-bond acceptors (Lipinski definition) is 4. The molecule has 0 aromatic heterocycles. The van der Waals surface area contributed by atoms with Gasteiger partial charge in [-0.2, -0.15) is 0 Å². The maximum Gasteiger partial charge on any atom is 0.305 e. The van der Waals surface area contributed by atoms with Crippen LogP contribution in [0.3, 0.4) is 0 Å². The number of esters is 1. The van der Waals surface area contributed by atoms with Crippen molar-refractivity contribution in [2.75, 3.05) is 13.2 Å². The fourth-order valence-corrected chi connectivity index (χ4v) is 1.42. The van der Waals surface area contributed by atoms with Gasteiger partial charge in [0.1, 0.15) is 18.5 Å². The van der Waals surface area contributed by atoms with Gasteiger partial charge in [-0.15, -0.1) is 0 Å². The summed E-state index contributed by atoms with van der Waals surface area (Å²) in [6.45, 7) is 6.37. The molecule has 0 aliphatic heterocycles. The average molecular weight is 266 g/mol. The highest BCUT2D eigenvalue weighted by molar-refractivity contribution is 5.69. The van der Waals surface area contributed by atoms with E-state index in [1.54, 1.807) is 6.92 Å². The highest BCUT2D eigenvalue weighted by atomic mass is 16.6. The molecule has 1 aromatic carbocycles. The van der Waals surface area contributed by atoms with Crippen LogP contribution in [0.4, 0.5) is 0 Å². The van der Waals surface area contributed by atoms with E-state index in [9.17, 15) is 4.79 Å². The van der Waals surface area contributed by atoms with Crippen molar-refractivity contribution in [3.8, 4) is 5.75 Å². The summed E-state index contributed by atoms with van der Waals surface area (Å²) in [6.07, 6.45) is 0.103. The molecule has 0 bridgehead atoms. The minimum Gasteiger partial charge on any atom is -0.491 e. The fourth-order valence-electron chi connectivity index (χ4n) is 1.42. The lowest BCUT2D eigenvalue weighted by Gasteiger charge is -2.18. The van der Waals surface area contributed by atoms with Gasteiger partial charge in [0.25, 0.3) is 0 Å². The zero-order valence-electron chi connectivity index (χ0n) is 11.8. The zero-order valence-corrected chi connectivity index (χ0v) is 11.8. The van der Waals surface area contributed by atoms with Gasteiger partial charge in [0.05, 0.1) is 12.7 Å². The van der Waals surface area contributed by atoms with Gasteiger partial charge in [-0.3, -0.25) is 4.79 Å². The van der Waals surface area contributed by atoms with Gasteiger partial charge in [0.2, 0.25) is 0 Å². The third-order valence-corrected chi connectivity index (χ3v) is 2.46. The number of carbonyl (C=O) groups excluding carboxylic acids is 1. The standard InChI is InChI=1S/C15H22O4/c1-4-15(16)19-13(3)11-17-12(2)10-18-14-8-6-5-7-9-14/h5-9,12-13H,4,10-11H2,1-3H3. The second kappa shape index (κ2) is 8.53. The lowest BCUT2D eigenvalue weighted by Crippen LogP contribution is -2.25. The first-order valence-corrected chi connectivity index (χ1v) is 6.60. The molecular weight excluding hydrogens is 244 g/mol. The number of para-hydroxylation sites is 1. The van der Waals surface area contributed by atoms with E-state index in [1.165, 1.54) is 0 Å². The van der Waals surface area contributed by atoms with Gasteiger partial charge < -0.3 is 14.2 Å². The van der Waals surface area contributed by atoms with Crippen LogP contribution in [0.2, 0.25) is 0 Å². The van der Waals surface area contributed by atoms with Crippen LogP contribution in [0.1, 0.15) is 27.2 Å². The van der Waals surface area contributed by atoms with E-state index < -0.39 is 0 Å². The Bertz CT molecular complexity index is 364. The number of rotatable bonds is 8. The Morgan fingerprint density at radius 3 is 2.42 bits per heavy atom. The molecule has 0 aliphatic carbocycles. The second-order valence-electron chi connectivity index (χ2n) is 4.42. The molecule has 0 fully saturated rings. The Hall–Kier alpha value is -1.55. The Morgan fingerprint density at radius 1 is 1.11 bits per heavy atom. The summed E-state index contributed by atoms with van der Waals surface area (Å²) in [6, 6.07) is 9.59. The Balaban J connectivity index is 2.17. The molecule has 0 radical (unpaired) electrons. The van der Waals surface area contributed by atoms with E-state index in [4.69, 9.17) is 14.2 Å². The van der Waals surface area contributed by atoms with Crippen LogP contribution in [0.15, 0.2) is 30.3 Å². The van der Waals surface area contributed by atoms with Crippen LogP contribution < -0.4 is 4.74 Å². The van der Waals surface area contributed by atoms with Crippen LogP contribution in [0.25, 0.3) is 0 Å². The van der Waals surface area contributed by atoms with Crippen LogP contribution in [0, 0.1) is 0 Å². The molecule has 0 aliphatic rings. The van der Waals surface area contributed by atoms with Crippen molar-refractivity contribution in [2.45, 2.75) is 39.4 Å². The first-order valence-electron chi connectivity index (χ1n) is 6.60. The van der Waals surface area contributed by atoms with Crippen LogP contribution in [-0.4, -0.2) is 31.4 Å². The van der Waals surface area contributed by atoms with Crippen molar-refractivity contribution >= 4 is 5.97 Å². The molecule has 2 atom stereocenters. The molecular formula is C15H22O4. The number of hydrogen-bond donors (Lipinski definition) is 0. The lowest BCUT2D eigenvalue weighted by atomic mass is 10.3. The lowest BCUT2D eigenvalue weighted by molar-refractivity contribution is -0.151. The highest BCUT2D eigenvalue weighted by Gasteiger charge is 2.10. The van der Waals surface area contributed by atoms with E-state index in [-0.39, 0.29) is 18.2 Å². The van der Waals surface area contributed by atoms with E-state index in [0.29, 0.717) is 19.6 Å². The predicted octanol–water partition coefficient (Wildman–Crippen LogP) is 2.81. The number of carbonyl (C=O) groups is 1. The molecule has 2 unspecified atom stereocenters. The zero-order chi connectivity index (χ0) is 14.1. The van der Waals surface area contributed by atoms with Crippen molar-refractivity contribution in [3.05, 3.63) is 30.3 Å². The molecule has 0 saturated heterocycles. The molecule has 4 heteroatoms. The van der Waals surface area contributed by atoms with Gasteiger partial charge >= 0.3 is 5.97 Å². The van der Waals surface area contributed by atoms with Crippen LogP contribution in [-0.2, 0) is 14.3 Å². The molecule has 1 aromatic rings. The van der Waals surface area contributed by atoms with Crippen molar-refractivity contribution in [3.63, 3.8) is 0 Å². The molecule has 0 spiro atoms. The molecule has 0 amide bonds. The molecule has 0 N–H and O–H groups in total. The van der Waals surface area contributed by atoms with E-state index in [0.717, 1.165) is 5.75 Å². The third kappa shape index (κ3) is 6.82. The third-order valence-electron chi connectivity index (χ3n) is 2.46. The van der Waals surface area contributed by atoms with E-state index in [1.807, 2.05) is 44.2 Å². The summed E-state index contributed by atoms with van der Waals surface area (Å²) in [4.78, 5) is 11.1. The summed E-state index contributed by atoms with van der Waals surface area (Å²) < 4.78 is 16.2. The second-order valence-corrected chi connectivity index (χ2v) is 4.42. The van der Waals surface area contributed by atoms with Crippen LogP contribution in [0.5, 0.6) is 5.75 Å². The molecule has 0 saturated carbocycles. The maximum atomic E-state index is 11.1. The van der Waals surface area contributed by atoms with Crippen molar-refractivity contribution in [2.24, 2.45) is 0 Å². The summed E-state index contributed by atoms with van der Waals surface area (Å²) in [5.41, 5.74) is 0. The summed E-state index contributed by atoms with van der Waals surface area (Å²) in [5.74, 6) is 0.618.